The van der Waals surface area contributed by atoms with Crippen molar-refractivity contribution in [2.75, 3.05) is 5.32 Å². The van der Waals surface area contributed by atoms with E-state index in [-0.39, 0.29) is 5.91 Å². The highest BCUT2D eigenvalue weighted by Gasteiger charge is 2.17. The fourth-order valence-electron chi connectivity index (χ4n) is 3.36. The van der Waals surface area contributed by atoms with Gasteiger partial charge in [0.15, 0.2) is 5.76 Å². The van der Waals surface area contributed by atoms with Crippen LogP contribution in [-0.4, -0.2) is 15.7 Å². The minimum atomic E-state index is -0.265. The van der Waals surface area contributed by atoms with Gasteiger partial charge in [-0.05, 0) is 49.2 Å². The zero-order chi connectivity index (χ0) is 19.0. The molecule has 2 aromatic heterocycles. The molecule has 5 nitrogen and oxygen atoms in total. The summed E-state index contributed by atoms with van der Waals surface area (Å²) in [5, 5.41) is 9.99. The van der Waals surface area contributed by atoms with E-state index in [0.29, 0.717) is 18.1 Å². The highest BCUT2D eigenvalue weighted by atomic mass is 16.3. The van der Waals surface area contributed by atoms with Crippen molar-refractivity contribution in [3.05, 3.63) is 83.1 Å². The Bertz CT molecular complexity index is 1130. The van der Waals surface area contributed by atoms with E-state index in [1.807, 2.05) is 37.6 Å². The number of nitrogens with one attached hydrogen (secondary N) is 1. The largest absolute Gasteiger partial charge is 0.456 e. The lowest BCUT2D eigenvalue weighted by Crippen LogP contribution is -2.12. The van der Waals surface area contributed by atoms with Crippen molar-refractivity contribution in [2.24, 2.45) is 0 Å². The second kappa shape index (κ2) is 6.76. The topological polar surface area (TPSA) is 60.1 Å². The number of aryl methyl sites for hydroxylation is 2. The maximum atomic E-state index is 12.4. The van der Waals surface area contributed by atoms with Crippen LogP contribution in [0.3, 0.4) is 0 Å². The fraction of sp³-hybridized carbons (Fsp3) is 0.182. The van der Waals surface area contributed by atoms with Gasteiger partial charge in [-0.2, -0.15) is 5.10 Å². The highest BCUT2D eigenvalue weighted by Crippen LogP contribution is 2.24. The molecule has 0 bridgehead atoms. The molecule has 0 saturated carbocycles. The summed E-state index contributed by atoms with van der Waals surface area (Å²) in [6.45, 7) is 6.32. The van der Waals surface area contributed by atoms with Crippen molar-refractivity contribution in [3.8, 4) is 0 Å². The number of rotatable bonds is 4. The Morgan fingerprint density at radius 1 is 1.04 bits per heavy atom. The summed E-state index contributed by atoms with van der Waals surface area (Å²) in [6, 6.07) is 18.1. The predicted octanol–water partition coefficient (Wildman–Crippen LogP) is 4.86. The first-order valence-corrected chi connectivity index (χ1v) is 8.91. The summed E-state index contributed by atoms with van der Waals surface area (Å²) in [4.78, 5) is 12.4. The standard InChI is InChI=1S/C22H21N3O2/c1-14-11-12-20(27-14)22(26)23-21-15(2)24-25(16(21)3)13-18-9-6-8-17-7-4-5-10-19(17)18/h4-12H,13H2,1-3H3,(H,23,26). The molecule has 1 N–H and O–H groups in total. The van der Waals surface area contributed by atoms with E-state index in [1.54, 1.807) is 12.1 Å². The van der Waals surface area contributed by atoms with Gasteiger partial charge in [0, 0.05) is 0 Å². The molecule has 4 rings (SSSR count). The van der Waals surface area contributed by atoms with Crippen molar-refractivity contribution >= 4 is 22.4 Å². The summed E-state index contributed by atoms with van der Waals surface area (Å²) in [7, 11) is 0. The number of nitrogens with zero attached hydrogens (tertiary/aromatic N) is 2. The lowest BCUT2D eigenvalue weighted by molar-refractivity contribution is 0.0995. The first-order valence-electron chi connectivity index (χ1n) is 8.91. The molecule has 27 heavy (non-hydrogen) atoms. The van der Waals surface area contributed by atoms with Crippen molar-refractivity contribution < 1.29 is 9.21 Å². The van der Waals surface area contributed by atoms with Gasteiger partial charge < -0.3 is 9.73 Å². The van der Waals surface area contributed by atoms with E-state index in [9.17, 15) is 4.79 Å². The molecular weight excluding hydrogens is 338 g/mol. The van der Waals surface area contributed by atoms with E-state index in [0.717, 1.165) is 17.1 Å². The minimum absolute atomic E-state index is 0.265. The lowest BCUT2D eigenvalue weighted by Gasteiger charge is -2.09. The highest BCUT2D eigenvalue weighted by molar-refractivity contribution is 6.03. The summed E-state index contributed by atoms with van der Waals surface area (Å²) < 4.78 is 7.34. The number of hydrogen-bond acceptors (Lipinski definition) is 3. The third kappa shape index (κ3) is 3.24. The van der Waals surface area contributed by atoms with Crippen molar-refractivity contribution in [1.29, 1.82) is 0 Å². The Kier molecular flexibility index (Phi) is 4.28. The molecule has 0 atom stereocenters. The van der Waals surface area contributed by atoms with Crippen molar-refractivity contribution in [2.45, 2.75) is 27.3 Å². The molecule has 2 aromatic carbocycles. The third-order valence-electron chi connectivity index (χ3n) is 4.78. The fourth-order valence-corrected chi connectivity index (χ4v) is 3.36. The number of anilines is 1. The zero-order valence-electron chi connectivity index (χ0n) is 15.6. The van der Waals surface area contributed by atoms with Crippen LogP contribution in [0.5, 0.6) is 0 Å². The molecule has 2 heterocycles. The molecule has 4 aromatic rings. The maximum Gasteiger partial charge on any atom is 0.291 e. The number of carbonyl (C=O) groups is 1. The molecule has 5 heteroatoms. The second-order valence-corrected chi connectivity index (χ2v) is 6.71. The van der Waals surface area contributed by atoms with Crippen molar-refractivity contribution in [1.82, 2.24) is 9.78 Å². The smallest absolute Gasteiger partial charge is 0.291 e. The van der Waals surface area contributed by atoms with Crippen molar-refractivity contribution in [3.63, 3.8) is 0 Å². The number of fused-ring (bicyclic) bond motifs is 1. The average Bonchev–Trinajstić information content (AvgIpc) is 3.21. The van der Waals surface area contributed by atoms with Crippen LogP contribution in [0.1, 0.15) is 33.3 Å². The number of amides is 1. The predicted molar refractivity (Wildman–Crippen MR) is 106 cm³/mol. The molecule has 0 saturated heterocycles. The molecule has 0 spiro atoms. The molecule has 0 aliphatic heterocycles. The van der Waals surface area contributed by atoms with Crippen LogP contribution in [0.15, 0.2) is 59.0 Å². The van der Waals surface area contributed by atoms with Crippen LogP contribution in [-0.2, 0) is 6.54 Å². The van der Waals surface area contributed by atoms with Gasteiger partial charge in [0.1, 0.15) is 5.76 Å². The van der Waals surface area contributed by atoms with Gasteiger partial charge in [-0.15, -0.1) is 0 Å². The quantitative estimate of drug-likeness (QED) is 0.566. The van der Waals surface area contributed by atoms with Crippen LogP contribution >= 0.6 is 0 Å². The van der Waals surface area contributed by atoms with Gasteiger partial charge in [0.2, 0.25) is 0 Å². The van der Waals surface area contributed by atoms with E-state index in [1.165, 1.54) is 16.3 Å². The SMILES string of the molecule is Cc1ccc(C(=O)Nc2c(C)nn(Cc3cccc4ccccc34)c2C)o1. The molecule has 0 aliphatic carbocycles. The Hall–Kier alpha value is -3.34. The van der Waals surface area contributed by atoms with E-state index in [2.05, 4.69) is 40.7 Å². The molecule has 0 radical (unpaired) electrons. The Morgan fingerprint density at radius 2 is 1.81 bits per heavy atom. The molecular formula is C22H21N3O2. The van der Waals surface area contributed by atoms with E-state index >= 15 is 0 Å². The molecule has 136 valence electrons. The normalized spacial score (nSPS) is 11.1. The molecule has 1 amide bonds. The van der Waals surface area contributed by atoms with Gasteiger partial charge in [0.25, 0.3) is 5.91 Å². The lowest BCUT2D eigenvalue weighted by atomic mass is 10.0. The number of benzene rings is 2. The van der Waals surface area contributed by atoms with Gasteiger partial charge >= 0.3 is 0 Å². The van der Waals surface area contributed by atoms with Crippen LogP contribution in [0.25, 0.3) is 10.8 Å². The monoisotopic (exact) mass is 359 g/mol. The summed E-state index contributed by atoms with van der Waals surface area (Å²) in [5.41, 5.74) is 3.62. The molecule has 0 fully saturated rings. The maximum absolute atomic E-state index is 12.4. The number of aromatic nitrogens is 2. The van der Waals surface area contributed by atoms with Gasteiger partial charge in [-0.3, -0.25) is 9.48 Å². The number of furan rings is 1. The van der Waals surface area contributed by atoms with Crippen LogP contribution < -0.4 is 5.32 Å². The van der Waals surface area contributed by atoms with Crippen LogP contribution in [0.4, 0.5) is 5.69 Å². The first-order chi connectivity index (χ1) is 13.0. The van der Waals surface area contributed by atoms with Gasteiger partial charge in [-0.25, -0.2) is 0 Å². The summed E-state index contributed by atoms with van der Waals surface area (Å²) in [6.07, 6.45) is 0. The third-order valence-corrected chi connectivity index (χ3v) is 4.78. The average molecular weight is 359 g/mol. The van der Waals surface area contributed by atoms with Crippen LogP contribution in [0.2, 0.25) is 0 Å². The number of hydrogen-bond donors (Lipinski definition) is 1. The minimum Gasteiger partial charge on any atom is -0.456 e. The Labute approximate surface area is 157 Å². The van der Waals surface area contributed by atoms with Gasteiger partial charge in [0.05, 0.1) is 23.6 Å². The van der Waals surface area contributed by atoms with Gasteiger partial charge in [-0.1, -0.05) is 42.5 Å². The Balaban J connectivity index is 1.63. The molecule has 0 aliphatic rings. The van der Waals surface area contributed by atoms with E-state index < -0.39 is 0 Å². The Morgan fingerprint density at radius 3 is 2.59 bits per heavy atom. The summed E-state index contributed by atoms with van der Waals surface area (Å²) in [5.74, 6) is 0.743. The second-order valence-electron chi connectivity index (χ2n) is 6.71. The summed E-state index contributed by atoms with van der Waals surface area (Å²) >= 11 is 0. The van der Waals surface area contributed by atoms with E-state index in [4.69, 9.17) is 4.42 Å². The first kappa shape index (κ1) is 17.1. The van der Waals surface area contributed by atoms with Crippen LogP contribution in [0, 0.1) is 20.8 Å². The zero-order valence-corrected chi connectivity index (χ0v) is 15.6. The molecule has 0 unspecified atom stereocenters. The number of carbonyl (C=O) groups excluding carboxylic acids is 1.